The Kier molecular flexibility index (Phi) is 4.13. The first kappa shape index (κ1) is 16.2. The number of aromatic nitrogens is 3. The highest BCUT2D eigenvalue weighted by atomic mass is 16.3. The summed E-state index contributed by atoms with van der Waals surface area (Å²) in [6.45, 7) is 11.8. The summed E-state index contributed by atoms with van der Waals surface area (Å²) in [6, 6.07) is 6.12. The van der Waals surface area contributed by atoms with E-state index in [1.54, 1.807) is 11.5 Å². The van der Waals surface area contributed by atoms with Crippen molar-refractivity contribution in [1.29, 1.82) is 0 Å². The molecule has 0 unspecified atom stereocenters. The van der Waals surface area contributed by atoms with Crippen LogP contribution in [0.2, 0.25) is 0 Å². The van der Waals surface area contributed by atoms with Crippen LogP contribution in [0.25, 0.3) is 5.70 Å². The van der Waals surface area contributed by atoms with Gasteiger partial charge in [-0.3, -0.25) is 4.57 Å². The van der Waals surface area contributed by atoms with Crippen molar-refractivity contribution in [3.05, 3.63) is 41.2 Å². The minimum atomic E-state index is -0.0878. The molecule has 0 N–H and O–H groups in total. The molecular weight excluding hydrogens is 302 g/mol. The van der Waals surface area contributed by atoms with Crippen LogP contribution in [0.4, 0.5) is 11.4 Å². The highest BCUT2D eigenvalue weighted by Gasteiger charge is 2.24. The van der Waals surface area contributed by atoms with Crippen molar-refractivity contribution in [1.82, 2.24) is 14.8 Å². The van der Waals surface area contributed by atoms with E-state index >= 15 is 0 Å². The molecule has 1 aliphatic heterocycles. The molecule has 0 saturated heterocycles. The standard InChI is InChI=1S/C18H23N5O/c1-6-22(7-2)14-8-9-15(11(3)10-14)19-16-17(24)12(4)23-13(5)20-21-18(16)23/h8-10,24H,6-7H2,1-5H3/p-1. The third kappa shape index (κ3) is 2.48. The summed E-state index contributed by atoms with van der Waals surface area (Å²) in [5, 5.41) is 20.7. The molecule has 0 atom stereocenters. The van der Waals surface area contributed by atoms with Crippen LogP contribution in [0.1, 0.15) is 38.0 Å². The minimum Gasteiger partial charge on any atom is -0.870 e. The van der Waals surface area contributed by atoms with Gasteiger partial charge in [0.2, 0.25) is 0 Å². The Balaban J connectivity index is 2.04. The van der Waals surface area contributed by atoms with Gasteiger partial charge in [-0.1, -0.05) is 5.76 Å². The fourth-order valence-electron chi connectivity index (χ4n) is 3.06. The van der Waals surface area contributed by atoms with E-state index in [1.807, 2.05) is 26.0 Å². The first-order chi connectivity index (χ1) is 11.5. The van der Waals surface area contributed by atoms with Gasteiger partial charge >= 0.3 is 0 Å². The van der Waals surface area contributed by atoms with Crippen LogP contribution < -0.4 is 10.0 Å². The van der Waals surface area contributed by atoms with Crippen molar-refractivity contribution >= 4 is 22.8 Å². The molecule has 6 nitrogen and oxygen atoms in total. The molecule has 6 heteroatoms. The zero-order valence-corrected chi connectivity index (χ0v) is 14.8. The molecule has 1 aliphatic rings. The summed E-state index contributed by atoms with van der Waals surface area (Å²) < 4.78 is 1.76. The van der Waals surface area contributed by atoms with Crippen molar-refractivity contribution in [2.24, 2.45) is 4.99 Å². The molecule has 3 rings (SSSR count). The molecule has 126 valence electrons. The van der Waals surface area contributed by atoms with Gasteiger partial charge in [0, 0.05) is 24.5 Å². The second-order valence-corrected chi connectivity index (χ2v) is 5.92. The van der Waals surface area contributed by atoms with Gasteiger partial charge in [0.15, 0.2) is 5.82 Å². The van der Waals surface area contributed by atoms with Crippen LogP contribution >= 0.6 is 0 Å². The number of anilines is 1. The quantitative estimate of drug-likeness (QED) is 0.866. The number of rotatable bonds is 4. The Morgan fingerprint density at radius 3 is 2.46 bits per heavy atom. The number of fused-ring (bicyclic) bond motifs is 1. The number of hydrogen-bond acceptors (Lipinski definition) is 5. The van der Waals surface area contributed by atoms with E-state index in [2.05, 4.69) is 40.0 Å². The zero-order chi connectivity index (χ0) is 17.4. The molecule has 2 heterocycles. The second-order valence-electron chi connectivity index (χ2n) is 5.92. The fraction of sp³-hybridized carbons (Fsp3) is 0.389. The molecule has 1 aromatic heterocycles. The third-order valence-corrected chi connectivity index (χ3v) is 4.46. The monoisotopic (exact) mass is 324 g/mol. The maximum absolute atomic E-state index is 12.5. The Hall–Kier alpha value is -2.63. The maximum atomic E-state index is 12.5. The summed E-state index contributed by atoms with van der Waals surface area (Å²) >= 11 is 0. The lowest BCUT2D eigenvalue weighted by Gasteiger charge is -2.21. The predicted molar refractivity (Wildman–Crippen MR) is 94.6 cm³/mol. The van der Waals surface area contributed by atoms with Crippen molar-refractivity contribution in [3.63, 3.8) is 0 Å². The number of hydrogen-bond donors (Lipinski definition) is 0. The van der Waals surface area contributed by atoms with Crippen LogP contribution in [0.15, 0.2) is 29.0 Å². The van der Waals surface area contributed by atoms with E-state index in [0.29, 0.717) is 23.1 Å². The second kappa shape index (κ2) is 6.11. The molecule has 1 aromatic carbocycles. The van der Waals surface area contributed by atoms with Gasteiger partial charge in [-0.25, -0.2) is 4.99 Å². The normalized spacial score (nSPS) is 15.3. The summed E-state index contributed by atoms with van der Waals surface area (Å²) in [4.78, 5) is 6.88. The molecule has 0 fully saturated rings. The SMILES string of the molecule is CCN(CC)c1ccc(N=C2C([O-])=C(C)n3c(C)nnc32)c(C)c1. The van der Waals surface area contributed by atoms with E-state index in [9.17, 15) is 5.11 Å². The van der Waals surface area contributed by atoms with Crippen molar-refractivity contribution in [2.75, 3.05) is 18.0 Å². The Morgan fingerprint density at radius 1 is 1.12 bits per heavy atom. The van der Waals surface area contributed by atoms with Gasteiger partial charge in [0.05, 0.1) is 5.69 Å². The molecule has 0 aliphatic carbocycles. The lowest BCUT2D eigenvalue weighted by atomic mass is 10.1. The van der Waals surface area contributed by atoms with Crippen LogP contribution in [0.5, 0.6) is 0 Å². The smallest absolute Gasteiger partial charge is 0.186 e. The van der Waals surface area contributed by atoms with E-state index in [-0.39, 0.29) is 5.76 Å². The first-order valence-electron chi connectivity index (χ1n) is 8.23. The molecular formula is C18H22N5O-. The predicted octanol–water partition coefficient (Wildman–Crippen LogP) is 2.42. The number of nitrogens with zero attached hydrogens (tertiary/aromatic N) is 5. The van der Waals surface area contributed by atoms with Crippen molar-refractivity contribution < 1.29 is 5.11 Å². The van der Waals surface area contributed by atoms with Crippen LogP contribution in [0.3, 0.4) is 0 Å². The van der Waals surface area contributed by atoms with Crippen molar-refractivity contribution in [3.8, 4) is 0 Å². The van der Waals surface area contributed by atoms with Gasteiger partial charge in [0.25, 0.3) is 0 Å². The van der Waals surface area contributed by atoms with Crippen molar-refractivity contribution in [2.45, 2.75) is 34.6 Å². The lowest BCUT2D eigenvalue weighted by molar-refractivity contribution is -0.288. The average molecular weight is 324 g/mol. The Bertz CT molecular complexity index is 843. The van der Waals surface area contributed by atoms with Gasteiger partial charge in [-0.2, -0.15) is 0 Å². The molecule has 0 spiro atoms. The summed E-state index contributed by atoms with van der Waals surface area (Å²) in [6.07, 6.45) is 0. The fourth-order valence-corrected chi connectivity index (χ4v) is 3.06. The topological polar surface area (TPSA) is 69.4 Å². The van der Waals surface area contributed by atoms with E-state index in [4.69, 9.17) is 0 Å². The largest absolute Gasteiger partial charge is 0.870 e. The molecule has 0 bridgehead atoms. The average Bonchev–Trinajstić information content (AvgIpc) is 3.05. The van der Waals surface area contributed by atoms with E-state index in [0.717, 1.165) is 24.3 Å². The van der Waals surface area contributed by atoms with Gasteiger partial charge in [-0.15, -0.1) is 10.2 Å². The maximum Gasteiger partial charge on any atom is 0.186 e. The highest BCUT2D eigenvalue weighted by Crippen LogP contribution is 2.29. The van der Waals surface area contributed by atoms with Gasteiger partial charge in [-0.05, 0) is 58.4 Å². The molecule has 24 heavy (non-hydrogen) atoms. The number of benzene rings is 1. The Morgan fingerprint density at radius 2 is 1.83 bits per heavy atom. The minimum absolute atomic E-state index is 0.0878. The number of aliphatic imine (C=N–C) groups is 1. The van der Waals surface area contributed by atoms with Gasteiger partial charge in [0.1, 0.15) is 11.5 Å². The van der Waals surface area contributed by atoms with E-state index < -0.39 is 0 Å². The summed E-state index contributed by atoms with van der Waals surface area (Å²) in [7, 11) is 0. The molecule has 0 radical (unpaired) electrons. The molecule has 0 saturated carbocycles. The zero-order valence-electron chi connectivity index (χ0n) is 14.8. The first-order valence-corrected chi connectivity index (χ1v) is 8.23. The molecule has 2 aromatic rings. The number of allylic oxidation sites excluding steroid dienone is 2. The van der Waals surface area contributed by atoms with E-state index in [1.165, 1.54) is 5.69 Å². The highest BCUT2D eigenvalue weighted by molar-refractivity contribution is 6.16. The van der Waals surface area contributed by atoms with Crippen LogP contribution in [-0.4, -0.2) is 33.6 Å². The Labute approximate surface area is 142 Å². The molecule has 0 amide bonds. The lowest BCUT2D eigenvalue weighted by Crippen LogP contribution is -2.21. The van der Waals surface area contributed by atoms with Crippen LogP contribution in [-0.2, 0) is 0 Å². The summed E-state index contributed by atoms with van der Waals surface area (Å²) in [5.74, 6) is 1.15. The number of aryl methyl sites for hydroxylation is 2. The van der Waals surface area contributed by atoms with Crippen LogP contribution in [0, 0.1) is 13.8 Å². The van der Waals surface area contributed by atoms with Gasteiger partial charge < -0.3 is 10.0 Å². The third-order valence-electron chi connectivity index (χ3n) is 4.46. The summed E-state index contributed by atoms with van der Waals surface area (Å²) in [5.41, 5.74) is 3.96.